The molecule has 1 fully saturated rings. The Labute approximate surface area is 136 Å². The third kappa shape index (κ3) is 3.05. The van der Waals surface area contributed by atoms with Gasteiger partial charge in [0.15, 0.2) is 0 Å². The Morgan fingerprint density at radius 3 is 2.39 bits per heavy atom. The molecule has 1 amide bonds. The average molecular weight is 315 g/mol. The predicted octanol–water partition coefficient (Wildman–Crippen LogP) is 2.23. The van der Waals surface area contributed by atoms with Crippen LogP contribution in [0.4, 0.5) is 0 Å². The number of hydrogen-bond donors (Lipinski definition) is 0. The van der Waals surface area contributed by atoms with Crippen molar-refractivity contribution in [3.05, 3.63) is 34.7 Å². The van der Waals surface area contributed by atoms with E-state index in [2.05, 4.69) is 13.8 Å². The van der Waals surface area contributed by atoms with Crippen molar-refractivity contribution in [2.75, 3.05) is 13.1 Å². The fourth-order valence-corrected chi connectivity index (χ4v) is 3.81. The number of carbonyl (C=O) groups is 1. The van der Waals surface area contributed by atoms with Crippen LogP contribution in [-0.2, 0) is 18.4 Å². The molecule has 0 bridgehead atoms. The minimum Gasteiger partial charge on any atom is -0.342 e. The van der Waals surface area contributed by atoms with E-state index in [1.807, 2.05) is 29.2 Å². The average Bonchev–Trinajstić information content (AvgIpc) is 2.76. The van der Waals surface area contributed by atoms with Crippen molar-refractivity contribution >= 4 is 16.9 Å². The van der Waals surface area contributed by atoms with Gasteiger partial charge in [0.1, 0.15) is 0 Å². The highest BCUT2D eigenvalue weighted by Gasteiger charge is 2.25. The lowest BCUT2D eigenvalue weighted by Crippen LogP contribution is -2.43. The van der Waals surface area contributed by atoms with Gasteiger partial charge in [0.05, 0.1) is 11.0 Å². The zero-order valence-electron chi connectivity index (χ0n) is 14.2. The van der Waals surface area contributed by atoms with E-state index in [9.17, 15) is 9.59 Å². The van der Waals surface area contributed by atoms with E-state index in [4.69, 9.17) is 0 Å². The second-order valence-corrected chi connectivity index (χ2v) is 6.98. The summed E-state index contributed by atoms with van der Waals surface area (Å²) >= 11 is 0. The summed E-state index contributed by atoms with van der Waals surface area (Å²) in [7, 11) is 1.77. The Kier molecular flexibility index (Phi) is 4.28. The maximum absolute atomic E-state index is 12.5. The van der Waals surface area contributed by atoms with Gasteiger partial charge in [-0.25, -0.2) is 4.79 Å². The summed E-state index contributed by atoms with van der Waals surface area (Å²) in [4.78, 5) is 26.9. The van der Waals surface area contributed by atoms with Gasteiger partial charge in [-0.05, 0) is 30.4 Å². The molecule has 5 heteroatoms. The van der Waals surface area contributed by atoms with Gasteiger partial charge in [-0.2, -0.15) is 0 Å². The van der Waals surface area contributed by atoms with Crippen LogP contribution in [0.25, 0.3) is 11.0 Å². The summed E-state index contributed by atoms with van der Waals surface area (Å²) < 4.78 is 3.36. The van der Waals surface area contributed by atoms with E-state index in [-0.39, 0.29) is 11.6 Å². The number of aryl methyl sites for hydroxylation is 2. The predicted molar refractivity (Wildman–Crippen MR) is 91.3 cm³/mol. The number of rotatable bonds is 3. The van der Waals surface area contributed by atoms with Crippen molar-refractivity contribution < 1.29 is 4.79 Å². The van der Waals surface area contributed by atoms with E-state index in [1.54, 1.807) is 16.2 Å². The molecule has 3 rings (SSSR count). The Morgan fingerprint density at radius 1 is 1.13 bits per heavy atom. The molecule has 23 heavy (non-hydrogen) atoms. The van der Waals surface area contributed by atoms with Crippen LogP contribution in [0.1, 0.15) is 26.7 Å². The topological polar surface area (TPSA) is 47.2 Å². The molecule has 0 N–H and O–H groups in total. The minimum absolute atomic E-state index is 0.0561. The molecular weight excluding hydrogens is 290 g/mol. The van der Waals surface area contributed by atoms with E-state index in [0.29, 0.717) is 24.8 Å². The molecule has 1 aromatic heterocycles. The number of amides is 1. The first-order chi connectivity index (χ1) is 11.0. The molecule has 0 aliphatic carbocycles. The highest BCUT2D eigenvalue weighted by molar-refractivity contribution is 5.78. The van der Waals surface area contributed by atoms with Crippen LogP contribution < -0.4 is 5.69 Å². The van der Waals surface area contributed by atoms with Crippen molar-refractivity contribution in [3.63, 3.8) is 0 Å². The Balaban J connectivity index is 1.75. The van der Waals surface area contributed by atoms with E-state index < -0.39 is 0 Å². The van der Waals surface area contributed by atoms with Gasteiger partial charge in [0, 0.05) is 33.1 Å². The van der Waals surface area contributed by atoms with Gasteiger partial charge in [-0.1, -0.05) is 26.0 Å². The summed E-state index contributed by atoms with van der Waals surface area (Å²) in [5, 5.41) is 0. The number of para-hydroxylation sites is 2. The van der Waals surface area contributed by atoms with Gasteiger partial charge in [0.25, 0.3) is 0 Å². The quantitative estimate of drug-likeness (QED) is 0.872. The maximum atomic E-state index is 12.5. The molecule has 1 aromatic carbocycles. The largest absolute Gasteiger partial charge is 0.342 e. The zero-order valence-corrected chi connectivity index (χ0v) is 14.2. The van der Waals surface area contributed by atoms with Gasteiger partial charge in [0.2, 0.25) is 5.91 Å². The number of nitrogens with zero attached hydrogens (tertiary/aromatic N) is 3. The summed E-state index contributed by atoms with van der Waals surface area (Å²) in [6.07, 6.45) is 1.57. The number of hydrogen-bond acceptors (Lipinski definition) is 2. The number of likely N-dealkylation sites (tertiary alicyclic amines) is 1. The Bertz CT molecular complexity index is 764. The monoisotopic (exact) mass is 315 g/mol. The van der Waals surface area contributed by atoms with Crippen LogP contribution in [0.3, 0.4) is 0 Å². The highest BCUT2D eigenvalue weighted by Crippen LogP contribution is 2.21. The molecule has 2 atom stereocenters. The van der Waals surface area contributed by atoms with Gasteiger partial charge >= 0.3 is 5.69 Å². The fourth-order valence-electron chi connectivity index (χ4n) is 3.81. The van der Waals surface area contributed by atoms with Crippen LogP contribution in [0, 0.1) is 11.8 Å². The lowest BCUT2D eigenvalue weighted by atomic mass is 9.92. The van der Waals surface area contributed by atoms with Gasteiger partial charge in [-0.15, -0.1) is 0 Å². The van der Waals surface area contributed by atoms with Crippen molar-refractivity contribution in [3.8, 4) is 0 Å². The first-order valence-electron chi connectivity index (χ1n) is 8.39. The van der Waals surface area contributed by atoms with Gasteiger partial charge in [-0.3, -0.25) is 13.9 Å². The molecule has 2 aromatic rings. The Morgan fingerprint density at radius 2 is 1.74 bits per heavy atom. The van der Waals surface area contributed by atoms with Crippen LogP contribution in [0.5, 0.6) is 0 Å². The van der Waals surface area contributed by atoms with E-state index in [1.165, 1.54) is 6.42 Å². The maximum Gasteiger partial charge on any atom is 0.328 e. The van der Waals surface area contributed by atoms with Crippen molar-refractivity contribution in [1.29, 1.82) is 0 Å². The molecule has 2 heterocycles. The summed E-state index contributed by atoms with van der Waals surface area (Å²) in [5.41, 5.74) is 1.75. The SMILES string of the molecule is CC1CC(C)CN(C(=O)CCn2c(=O)n(C)c3ccccc32)C1. The molecule has 5 nitrogen and oxygen atoms in total. The van der Waals surface area contributed by atoms with E-state index in [0.717, 1.165) is 24.1 Å². The Hall–Kier alpha value is -2.04. The molecule has 124 valence electrons. The zero-order chi connectivity index (χ0) is 16.6. The molecular formula is C18H25N3O2. The molecule has 0 spiro atoms. The first-order valence-corrected chi connectivity index (χ1v) is 8.39. The van der Waals surface area contributed by atoms with E-state index >= 15 is 0 Å². The smallest absolute Gasteiger partial charge is 0.328 e. The summed E-state index contributed by atoms with van der Waals surface area (Å²) in [5.74, 6) is 1.27. The number of aromatic nitrogens is 2. The van der Waals surface area contributed by atoms with Gasteiger partial charge < -0.3 is 4.90 Å². The lowest BCUT2D eigenvalue weighted by molar-refractivity contribution is -0.134. The molecule has 0 radical (unpaired) electrons. The highest BCUT2D eigenvalue weighted by atomic mass is 16.2. The molecule has 1 aliphatic rings. The van der Waals surface area contributed by atoms with Crippen molar-refractivity contribution in [1.82, 2.24) is 14.0 Å². The molecule has 1 saturated heterocycles. The summed E-state index contributed by atoms with van der Waals surface area (Å²) in [6, 6.07) is 7.72. The van der Waals surface area contributed by atoms with Crippen LogP contribution >= 0.6 is 0 Å². The number of carbonyl (C=O) groups excluding carboxylic acids is 1. The van der Waals surface area contributed by atoms with Crippen molar-refractivity contribution in [2.24, 2.45) is 18.9 Å². The molecule has 0 saturated carbocycles. The number of piperidine rings is 1. The molecule has 1 aliphatic heterocycles. The number of benzene rings is 1. The van der Waals surface area contributed by atoms with Crippen LogP contribution in [0.2, 0.25) is 0 Å². The second-order valence-electron chi connectivity index (χ2n) is 6.98. The number of fused-ring (bicyclic) bond motifs is 1. The third-order valence-electron chi connectivity index (χ3n) is 4.82. The second kappa shape index (κ2) is 6.22. The normalized spacial score (nSPS) is 21.8. The van der Waals surface area contributed by atoms with Crippen molar-refractivity contribution in [2.45, 2.75) is 33.2 Å². The van der Waals surface area contributed by atoms with Crippen LogP contribution in [0.15, 0.2) is 29.1 Å². The lowest BCUT2D eigenvalue weighted by Gasteiger charge is -2.35. The third-order valence-corrected chi connectivity index (χ3v) is 4.82. The van der Waals surface area contributed by atoms with Crippen LogP contribution in [-0.4, -0.2) is 33.0 Å². The number of imidazole rings is 1. The first kappa shape index (κ1) is 15.8. The fraction of sp³-hybridized carbons (Fsp3) is 0.556. The molecule has 2 unspecified atom stereocenters. The standard InChI is InChI=1S/C18H25N3O2/c1-13-10-14(2)12-20(11-13)17(22)8-9-21-16-7-5-4-6-15(16)19(3)18(21)23/h4-7,13-14H,8-12H2,1-3H3. The summed E-state index contributed by atoms with van der Waals surface area (Å²) in [6.45, 7) is 6.52. The minimum atomic E-state index is -0.0561.